The number of rotatable bonds is 8. The molecule has 0 radical (unpaired) electrons. The molecule has 22 heavy (non-hydrogen) atoms. The van der Waals surface area contributed by atoms with Crippen LogP contribution in [0.3, 0.4) is 0 Å². The van der Waals surface area contributed by atoms with Crippen molar-refractivity contribution in [1.82, 2.24) is 9.80 Å². The number of hydrogen-bond acceptors (Lipinski definition) is 6. The second-order valence-electron chi connectivity index (χ2n) is 5.51. The molecular weight excluding hydrogens is 284 g/mol. The molecule has 1 aromatic carbocycles. The number of piperazine rings is 1. The second-order valence-corrected chi connectivity index (χ2v) is 5.51. The van der Waals surface area contributed by atoms with Gasteiger partial charge in [0.15, 0.2) is 0 Å². The third-order valence-electron chi connectivity index (χ3n) is 3.83. The zero-order valence-corrected chi connectivity index (χ0v) is 13.1. The first kappa shape index (κ1) is 17.0. The van der Waals surface area contributed by atoms with Gasteiger partial charge in [-0.25, -0.2) is 0 Å². The molecular formula is C16H26N2O4. The number of hydrogen-bond donors (Lipinski definition) is 2. The van der Waals surface area contributed by atoms with Crippen LogP contribution in [0.4, 0.5) is 0 Å². The van der Waals surface area contributed by atoms with E-state index >= 15 is 0 Å². The summed E-state index contributed by atoms with van der Waals surface area (Å²) in [6.45, 7) is 5.51. The zero-order valence-electron chi connectivity index (χ0n) is 13.1. The molecule has 1 aliphatic rings. The lowest BCUT2D eigenvalue weighted by Gasteiger charge is -2.35. The van der Waals surface area contributed by atoms with Crippen LogP contribution >= 0.6 is 0 Å². The molecule has 2 rings (SSSR count). The van der Waals surface area contributed by atoms with Crippen LogP contribution in [0.1, 0.15) is 0 Å². The van der Waals surface area contributed by atoms with E-state index < -0.39 is 6.10 Å². The molecule has 0 unspecified atom stereocenters. The van der Waals surface area contributed by atoms with Crippen LogP contribution < -0.4 is 9.47 Å². The summed E-state index contributed by atoms with van der Waals surface area (Å²) in [5.74, 6) is 1.44. The number of nitrogens with zero attached hydrogens (tertiary/aromatic N) is 2. The molecule has 1 aromatic rings. The van der Waals surface area contributed by atoms with E-state index in [1.54, 1.807) is 13.2 Å². The van der Waals surface area contributed by atoms with Crippen LogP contribution in [0.25, 0.3) is 0 Å². The SMILES string of the molecule is COc1cccc(OC[C@H](O)CN2CCN(CCO)CC2)c1. The first-order valence-corrected chi connectivity index (χ1v) is 7.71. The van der Waals surface area contributed by atoms with Crippen molar-refractivity contribution >= 4 is 0 Å². The van der Waals surface area contributed by atoms with Crippen molar-refractivity contribution in [3.05, 3.63) is 24.3 Å². The summed E-state index contributed by atoms with van der Waals surface area (Å²) in [6, 6.07) is 7.37. The van der Waals surface area contributed by atoms with Gasteiger partial charge in [0.05, 0.1) is 13.7 Å². The highest BCUT2D eigenvalue weighted by atomic mass is 16.5. The average Bonchev–Trinajstić information content (AvgIpc) is 2.55. The third-order valence-corrected chi connectivity index (χ3v) is 3.83. The number of β-amino-alcohol motifs (C(OH)–C–C–N with tert-alkyl or cyclic N) is 2. The Morgan fingerprint density at radius 1 is 1.14 bits per heavy atom. The normalized spacial score (nSPS) is 18.1. The highest BCUT2D eigenvalue weighted by Gasteiger charge is 2.19. The van der Waals surface area contributed by atoms with Gasteiger partial charge >= 0.3 is 0 Å². The van der Waals surface area contributed by atoms with Gasteiger partial charge in [0, 0.05) is 45.3 Å². The maximum absolute atomic E-state index is 10.1. The zero-order chi connectivity index (χ0) is 15.8. The van der Waals surface area contributed by atoms with Gasteiger partial charge < -0.3 is 19.7 Å². The highest BCUT2D eigenvalue weighted by molar-refractivity contribution is 5.32. The van der Waals surface area contributed by atoms with Crippen LogP contribution in [-0.4, -0.2) is 85.7 Å². The number of methoxy groups -OCH3 is 1. The van der Waals surface area contributed by atoms with E-state index in [1.807, 2.05) is 18.2 Å². The standard InChI is InChI=1S/C16H26N2O4/c1-21-15-3-2-4-16(11-15)22-13-14(20)12-18-7-5-17(6-8-18)9-10-19/h2-4,11,14,19-20H,5-10,12-13H2,1H3/t14-/m1/s1. The van der Waals surface area contributed by atoms with Gasteiger partial charge in [-0.05, 0) is 12.1 Å². The van der Waals surface area contributed by atoms with Gasteiger partial charge in [0.2, 0.25) is 0 Å². The minimum absolute atomic E-state index is 0.205. The van der Waals surface area contributed by atoms with Crippen molar-refractivity contribution in [1.29, 1.82) is 0 Å². The van der Waals surface area contributed by atoms with E-state index in [9.17, 15) is 5.11 Å². The van der Waals surface area contributed by atoms with Crippen LogP contribution in [-0.2, 0) is 0 Å². The summed E-state index contributed by atoms with van der Waals surface area (Å²) in [7, 11) is 1.62. The molecule has 1 saturated heterocycles. The summed E-state index contributed by atoms with van der Waals surface area (Å²) >= 11 is 0. The Labute approximate surface area is 131 Å². The molecule has 0 spiro atoms. The number of benzene rings is 1. The van der Waals surface area contributed by atoms with Gasteiger partial charge in [-0.1, -0.05) is 6.07 Å². The average molecular weight is 310 g/mol. The van der Waals surface area contributed by atoms with E-state index in [4.69, 9.17) is 14.6 Å². The van der Waals surface area contributed by atoms with Gasteiger partial charge in [-0.15, -0.1) is 0 Å². The molecule has 6 nitrogen and oxygen atoms in total. The molecule has 0 aliphatic carbocycles. The van der Waals surface area contributed by atoms with Crippen molar-refractivity contribution < 1.29 is 19.7 Å². The smallest absolute Gasteiger partial charge is 0.123 e. The predicted molar refractivity (Wildman–Crippen MR) is 84.5 cm³/mol. The Hall–Kier alpha value is -1.34. The Morgan fingerprint density at radius 3 is 2.50 bits per heavy atom. The third kappa shape index (κ3) is 5.46. The van der Waals surface area contributed by atoms with Crippen molar-refractivity contribution in [2.45, 2.75) is 6.10 Å². The minimum atomic E-state index is -0.518. The van der Waals surface area contributed by atoms with Crippen molar-refractivity contribution in [3.8, 4) is 11.5 Å². The number of ether oxygens (including phenoxy) is 2. The predicted octanol–water partition coefficient (Wildman–Crippen LogP) is 0.0448. The minimum Gasteiger partial charge on any atom is -0.497 e. The van der Waals surface area contributed by atoms with Crippen LogP contribution in [0.5, 0.6) is 11.5 Å². The Bertz CT molecular complexity index is 436. The number of aliphatic hydroxyl groups is 2. The first-order valence-electron chi connectivity index (χ1n) is 7.71. The summed E-state index contributed by atoms with van der Waals surface area (Å²) in [5, 5.41) is 19.0. The molecule has 1 atom stereocenters. The fraction of sp³-hybridized carbons (Fsp3) is 0.625. The monoisotopic (exact) mass is 310 g/mol. The highest BCUT2D eigenvalue weighted by Crippen LogP contribution is 2.19. The molecule has 0 bridgehead atoms. The van der Waals surface area contributed by atoms with E-state index in [1.165, 1.54) is 0 Å². The summed E-state index contributed by atoms with van der Waals surface area (Å²) in [4.78, 5) is 4.46. The fourth-order valence-corrected chi connectivity index (χ4v) is 2.57. The Morgan fingerprint density at radius 2 is 1.82 bits per heavy atom. The van der Waals surface area contributed by atoms with E-state index in [0.29, 0.717) is 12.3 Å². The molecule has 1 heterocycles. The quantitative estimate of drug-likeness (QED) is 0.707. The van der Waals surface area contributed by atoms with E-state index in [0.717, 1.165) is 38.5 Å². The summed E-state index contributed by atoms with van der Waals surface area (Å²) in [5.41, 5.74) is 0. The second kappa shape index (κ2) is 8.95. The largest absolute Gasteiger partial charge is 0.497 e. The van der Waals surface area contributed by atoms with E-state index in [2.05, 4.69) is 9.80 Å². The number of aliphatic hydroxyl groups excluding tert-OH is 2. The molecule has 0 aromatic heterocycles. The molecule has 0 saturated carbocycles. The summed E-state index contributed by atoms with van der Waals surface area (Å²) in [6.07, 6.45) is -0.518. The Kier molecular flexibility index (Phi) is 6.92. The molecule has 1 aliphatic heterocycles. The summed E-state index contributed by atoms with van der Waals surface area (Å²) < 4.78 is 10.8. The lowest BCUT2D eigenvalue weighted by atomic mass is 10.2. The van der Waals surface area contributed by atoms with E-state index in [-0.39, 0.29) is 13.2 Å². The molecule has 0 amide bonds. The maximum atomic E-state index is 10.1. The van der Waals surface area contributed by atoms with Crippen LogP contribution in [0.15, 0.2) is 24.3 Å². The topological polar surface area (TPSA) is 65.4 Å². The Balaban J connectivity index is 1.68. The lowest BCUT2D eigenvalue weighted by molar-refractivity contribution is 0.0428. The van der Waals surface area contributed by atoms with Gasteiger partial charge in [-0.3, -0.25) is 9.80 Å². The van der Waals surface area contributed by atoms with Crippen LogP contribution in [0.2, 0.25) is 0 Å². The van der Waals surface area contributed by atoms with Crippen molar-refractivity contribution in [2.24, 2.45) is 0 Å². The fourth-order valence-electron chi connectivity index (χ4n) is 2.57. The molecule has 2 N–H and O–H groups in total. The van der Waals surface area contributed by atoms with Gasteiger partial charge in [0.1, 0.15) is 24.2 Å². The molecule has 6 heteroatoms. The van der Waals surface area contributed by atoms with Gasteiger partial charge in [-0.2, -0.15) is 0 Å². The lowest BCUT2D eigenvalue weighted by Crippen LogP contribution is -2.49. The maximum Gasteiger partial charge on any atom is 0.123 e. The van der Waals surface area contributed by atoms with Crippen LogP contribution in [0, 0.1) is 0 Å². The van der Waals surface area contributed by atoms with Gasteiger partial charge in [0.25, 0.3) is 0 Å². The van der Waals surface area contributed by atoms with Crippen molar-refractivity contribution in [2.75, 3.05) is 59.6 Å². The van der Waals surface area contributed by atoms with Crippen molar-refractivity contribution in [3.63, 3.8) is 0 Å². The molecule has 124 valence electrons. The molecule has 1 fully saturated rings. The first-order chi connectivity index (χ1) is 10.7.